The van der Waals surface area contributed by atoms with Gasteiger partial charge in [0.25, 0.3) is 0 Å². The highest BCUT2D eigenvalue weighted by atomic mass is 16.5. The van der Waals surface area contributed by atoms with E-state index in [0.717, 1.165) is 23.5 Å². The van der Waals surface area contributed by atoms with Crippen molar-refractivity contribution in [3.8, 4) is 11.5 Å². The molecule has 5 heteroatoms. The van der Waals surface area contributed by atoms with Crippen LogP contribution >= 0.6 is 0 Å². The summed E-state index contributed by atoms with van der Waals surface area (Å²) >= 11 is 0. The van der Waals surface area contributed by atoms with Crippen LogP contribution in [0.15, 0.2) is 18.2 Å². The molecule has 0 unspecified atom stereocenters. The van der Waals surface area contributed by atoms with Crippen LogP contribution in [0.2, 0.25) is 0 Å². The summed E-state index contributed by atoms with van der Waals surface area (Å²) in [6.07, 6.45) is 2.35. The molecule has 0 atom stereocenters. The van der Waals surface area contributed by atoms with Crippen molar-refractivity contribution in [3.63, 3.8) is 0 Å². The Kier molecular flexibility index (Phi) is 7.15. The van der Waals surface area contributed by atoms with Gasteiger partial charge >= 0.3 is 0 Å². The largest absolute Gasteiger partial charge is 0.490 e. The highest BCUT2D eigenvalue weighted by Crippen LogP contribution is 2.29. The third-order valence-electron chi connectivity index (χ3n) is 3.98. The van der Waals surface area contributed by atoms with Gasteiger partial charge in [0.2, 0.25) is 0 Å². The Morgan fingerprint density at radius 3 is 2.65 bits per heavy atom. The zero-order valence-electron chi connectivity index (χ0n) is 14.3. The van der Waals surface area contributed by atoms with Crippen LogP contribution in [0.4, 0.5) is 0 Å². The monoisotopic (exact) mass is 323 g/mol. The minimum Gasteiger partial charge on any atom is -0.490 e. The van der Waals surface area contributed by atoms with Crippen molar-refractivity contribution in [3.05, 3.63) is 23.8 Å². The zero-order valence-corrected chi connectivity index (χ0v) is 14.3. The lowest BCUT2D eigenvalue weighted by Crippen LogP contribution is -2.44. The first-order chi connectivity index (χ1) is 11.2. The summed E-state index contributed by atoms with van der Waals surface area (Å²) in [4.78, 5) is 0. The highest BCUT2D eigenvalue weighted by molar-refractivity contribution is 5.43. The second kappa shape index (κ2) is 9.11. The Labute approximate surface area is 138 Å². The van der Waals surface area contributed by atoms with E-state index in [-0.39, 0.29) is 0 Å². The Bertz CT molecular complexity index is 472. The Hall–Kier alpha value is -1.30. The Morgan fingerprint density at radius 1 is 1.17 bits per heavy atom. The third-order valence-corrected chi connectivity index (χ3v) is 3.98. The topological polar surface area (TPSA) is 60.0 Å². The van der Waals surface area contributed by atoms with Crippen molar-refractivity contribution in [1.82, 2.24) is 5.32 Å². The molecule has 1 fully saturated rings. The fourth-order valence-corrected chi connectivity index (χ4v) is 2.63. The minimum absolute atomic E-state index is 0.578. The van der Waals surface area contributed by atoms with Gasteiger partial charge in [0.15, 0.2) is 11.5 Å². The maximum Gasteiger partial charge on any atom is 0.161 e. The summed E-state index contributed by atoms with van der Waals surface area (Å²) in [7, 11) is 0. The van der Waals surface area contributed by atoms with Gasteiger partial charge in [-0.2, -0.15) is 0 Å². The maximum atomic E-state index is 10.4. The average molecular weight is 323 g/mol. The first-order valence-electron chi connectivity index (χ1n) is 8.56. The molecule has 2 rings (SSSR count). The van der Waals surface area contributed by atoms with E-state index in [1.165, 1.54) is 0 Å². The van der Waals surface area contributed by atoms with E-state index in [1.807, 2.05) is 25.1 Å². The molecule has 1 heterocycles. The van der Waals surface area contributed by atoms with Gasteiger partial charge in [-0.1, -0.05) is 13.0 Å². The molecule has 1 aromatic carbocycles. The van der Waals surface area contributed by atoms with E-state index >= 15 is 0 Å². The normalized spacial score (nSPS) is 17.0. The van der Waals surface area contributed by atoms with Gasteiger partial charge in [-0.25, -0.2) is 0 Å². The standard InChI is InChI=1S/C18H29NO4/c1-3-9-23-16-6-5-15(12-17(16)22-4-2)13-19-14-18(20)7-10-21-11-8-18/h5-6,12,19-20H,3-4,7-11,13-14H2,1-2H3. The molecule has 0 aromatic heterocycles. The molecule has 130 valence electrons. The van der Waals surface area contributed by atoms with Crippen molar-refractivity contribution in [2.75, 3.05) is 33.0 Å². The number of hydrogen-bond acceptors (Lipinski definition) is 5. The zero-order chi connectivity index (χ0) is 16.5. The van der Waals surface area contributed by atoms with Crippen molar-refractivity contribution >= 4 is 0 Å². The van der Waals surface area contributed by atoms with Crippen molar-refractivity contribution in [1.29, 1.82) is 0 Å². The average Bonchev–Trinajstić information content (AvgIpc) is 2.55. The molecule has 0 radical (unpaired) electrons. The molecule has 5 nitrogen and oxygen atoms in total. The van der Waals surface area contributed by atoms with Gasteiger partial charge in [0, 0.05) is 39.1 Å². The predicted octanol–water partition coefficient (Wildman–Crippen LogP) is 2.51. The van der Waals surface area contributed by atoms with Crippen LogP contribution in [0.25, 0.3) is 0 Å². The molecule has 2 N–H and O–H groups in total. The number of nitrogens with one attached hydrogen (secondary N) is 1. The van der Waals surface area contributed by atoms with E-state index in [0.29, 0.717) is 52.4 Å². The van der Waals surface area contributed by atoms with Crippen molar-refractivity contribution < 1.29 is 19.3 Å². The maximum absolute atomic E-state index is 10.4. The van der Waals surface area contributed by atoms with Crippen LogP contribution < -0.4 is 14.8 Å². The molecule has 0 saturated carbocycles. The molecule has 0 aliphatic carbocycles. The fourth-order valence-electron chi connectivity index (χ4n) is 2.63. The summed E-state index contributed by atoms with van der Waals surface area (Å²) in [6, 6.07) is 6.00. The lowest BCUT2D eigenvalue weighted by Gasteiger charge is -2.32. The van der Waals surface area contributed by atoms with Crippen molar-refractivity contribution in [2.24, 2.45) is 0 Å². The smallest absolute Gasteiger partial charge is 0.161 e. The van der Waals surface area contributed by atoms with Crippen LogP contribution in [0.1, 0.15) is 38.7 Å². The summed E-state index contributed by atoms with van der Waals surface area (Å²) in [5.41, 5.74) is 0.471. The van der Waals surface area contributed by atoms with E-state index in [4.69, 9.17) is 14.2 Å². The van der Waals surface area contributed by atoms with E-state index < -0.39 is 5.60 Å². The molecule has 1 aromatic rings. The van der Waals surface area contributed by atoms with Crippen LogP contribution in [-0.2, 0) is 11.3 Å². The third kappa shape index (κ3) is 5.68. The summed E-state index contributed by atoms with van der Waals surface area (Å²) in [5, 5.41) is 13.8. The first kappa shape index (κ1) is 18.0. The van der Waals surface area contributed by atoms with Gasteiger partial charge in [0.1, 0.15) is 0 Å². The molecular formula is C18H29NO4. The van der Waals surface area contributed by atoms with Gasteiger partial charge < -0.3 is 24.6 Å². The van der Waals surface area contributed by atoms with E-state index in [2.05, 4.69) is 12.2 Å². The number of benzene rings is 1. The summed E-state index contributed by atoms with van der Waals surface area (Å²) in [6.45, 7) is 7.89. The number of ether oxygens (including phenoxy) is 3. The molecule has 0 amide bonds. The van der Waals surface area contributed by atoms with E-state index in [9.17, 15) is 5.11 Å². The quantitative estimate of drug-likeness (QED) is 0.731. The Morgan fingerprint density at radius 2 is 1.96 bits per heavy atom. The predicted molar refractivity (Wildman–Crippen MR) is 90.1 cm³/mol. The first-order valence-corrected chi connectivity index (χ1v) is 8.56. The molecule has 0 bridgehead atoms. The second-order valence-electron chi connectivity index (χ2n) is 6.00. The number of rotatable bonds is 9. The highest BCUT2D eigenvalue weighted by Gasteiger charge is 2.29. The van der Waals surface area contributed by atoms with Gasteiger partial charge in [-0.15, -0.1) is 0 Å². The molecule has 23 heavy (non-hydrogen) atoms. The number of aliphatic hydroxyl groups is 1. The van der Waals surface area contributed by atoms with Gasteiger partial charge in [-0.3, -0.25) is 0 Å². The van der Waals surface area contributed by atoms with Crippen LogP contribution in [0.3, 0.4) is 0 Å². The van der Waals surface area contributed by atoms with Gasteiger partial charge in [-0.05, 0) is 31.0 Å². The van der Waals surface area contributed by atoms with Crippen molar-refractivity contribution in [2.45, 2.75) is 45.3 Å². The van der Waals surface area contributed by atoms with Crippen LogP contribution in [-0.4, -0.2) is 43.7 Å². The molecule has 1 aliphatic rings. The van der Waals surface area contributed by atoms with Crippen LogP contribution in [0, 0.1) is 0 Å². The molecule has 1 saturated heterocycles. The van der Waals surface area contributed by atoms with Gasteiger partial charge in [0.05, 0.1) is 18.8 Å². The molecular weight excluding hydrogens is 294 g/mol. The minimum atomic E-state index is -0.648. The lowest BCUT2D eigenvalue weighted by atomic mass is 9.94. The number of hydrogen-bond donors (Lipinski definition) is 2. The summed E-state index contributed by atoms with van der Waals surface area (Å²) < 4.78 is 16.7. The van der Waals surface area contributed by atoms with E-state index in [1.54, 1.807) is 0 Å². The fraction of sp³-hybridized carbons (Fsp3) is 0.667. The van der Waals surface area contributed by atoms with Crippen LogP contribution in [0.5, 0.6) is 11.5 Å². The summed E-state index contributed by atoms with van der Waals surface area (Å²) in [5.74, 6) is 1.57. The second-order valence-corrected chi connectivity index (χ2v) is 6.00. The molecule has 1 aliphatic heterocycles. The SMILES string of the molecule is CCCOc1ccc(CNCC2(O)CCOCC2)cc1OCC. The lowest BCUT2D eigenvalue weighted by molar-refractivity contribution is -0.0617. The molecule has 0 spiro atoms. The Balaban J connectivity index is 1.90.